The molecule has 0 unspecified atom stereocenters. The van der Waals surface area contributed by atoms with Gasteiger partial charge in [-0.1, -0.05) is 15.9 Å². The van der Waals surface area contributed by atoms with Crippen molar-refractivity contribution in [3.8, 4) is 22.2 Å². The van der Waals surface area contributed by atoms with E-state index in [-0.39, 0.29) is 0 Å². The lowest BCUT2D eigenvalue weighted by Crippen LogP contribution is -1.88. The van der Waals surface area contributed by atoms with Gasteiger partial charge in [0.05, 0.1) is 25.2 Å². The third kappa shape index (κ3) is 2.20. The molecule has 0 saturated carbocycles. The molecule has 0 bridgehead atoms. The van der Waals surface area contributed by atoms with Crippen LogP contribution in [0.3, 0.4) is 0 Å². The molecule has 2 rings (SSSR count). The average molecular weight is 300 g/mol. The predicted octanol–water partition coefficient (Wildman–Crippen LogP) is 3.59. The van der Waals surface area contributed by atoms with Gasteiger partial charge in [-0.05, 0) is 18.2 Å². The number of aromatic nitrogens is 1. The normalized spacial score (nSPS) is 10.2. The summed E-state index contributed by atoms with van der Waals surface area (Å²) in [5, 5.41) is 2.75. The molecular weight excluding hydrogens is 290 g/mol. The van der Waals surface area contributed by atoms with E-state index in [9.17, 15) is 0 Å². The molecule has 0 aliphatic heterocycles. The molecule has 0 N–H and O–H groups in total. The first-order valence-electron chi connectivity index (χ1n) is 4.58. The van der Waals surface area contributed by atoms with E-state index in [1.807, 2.05) is 23.6 Å². The van der Waals surface area contributed by atoms with E-state index < -0.39 is 0 Å². The van der Waals surface area contributed by atoms with Crippen molar-refractivity contribution < 1.29 is 9.47 Å². The number of benzene rings is 1. The molecule has 0 fully saturated rings. The zero-order valence-corrected chi connectivity index (χ0v) is 11.3. The third-order valence-electron chi connectivity index (χ3n) is 2.08. The van der Waals surface area contributed by atoms with Gasteiger partial charge in [0.1, 0.15) is 10.8 Å². The van der Waals surface area contributed by atoms with Gasteiger partial charge < -0.3 is 9.47 Å². The molecule has 0 spiro atoms. The Morgan fingerprint density at radius 3 is 2.69 bits per heavy atom. The smallest absolute Gasteiger partial charge is 0.224 e. The van der Waals surface area contributed by atoms with Crippen LogP contribution in [0, 0.1) is 0 Å². The van der Waals surface area contributed by atoms with E-state index in [0.29, 0.717) is 5.88 Å². The largest absolute Gasteiger partial charge is 0.496 e. The number of thiazole rings is 1. The van der Waals surface area contributed by atoms with Crippen molar-refractivity contribution in [2.75, 3.05) is 14.2 Å². The summed E-state index contributed by atoms with van der Waals surface area (Å²) in [4.78, 5) is 4.34. The molecule has 0 atom stereocenters. The monoisotopic (exact) mass is 299 g/mol. The van der Waals surface area contributed by atoms with Crippen LogP contribution < -0.4 is 9.47 Å². The topological polar surface area (TPSA) is 31.4 Å². The quantitative estimate of drug-likeness (QED) is 0.868. The number of methoxy groups -OCH3 is 2. The lowest BCUT2D eigenvalue weighted by Gasteiger charge is -2.05. The van der Waals surface area contributed by atoms with Crippen molar-refractivity contribution >= 4 is 27.3 Å². The van der Waals surface area contributed by atoms with E-state index in [0.717, 1.165) is 20.8 Å². The Kier molecular flexibility index (Phi) is 3.46. The molecular formula is C11H10BrNO2S. The molecule has 16 heavy (non-hydrogen) atoms. The van der Waals surface area contributed by atoms with Crippen LogP contribution >= 0.6 is 27.3 Å². The highest BCUT2D eigenvalue weighted by Crippen LogP contribution is 2.35. The molecule has 0 aliphatic carbocycles. The first-order valence-corrected chi connectivity index (χ1v) is 6.25. The predicted molar refractivity (Wildman–Crippen MR) is 68.4 cm³/mol. The fourth-order valence-corrected chi connectivity index (χ4v) is 2.48. The van der Waals surface area contributed by atoms with Gasteiger partial charge in [0.15, 0.2) is 0 Å². The van der Waals surface area contributed by atoms with Crippen molar-refractivity contribution in [2.45, 2.75) is 0 Å². The van der Waals surface area contributed by atoms with E-state index in [1.54, 1.807) is 14.2 Å². The summed E-state index contributed by atoms with van der Waals surface area (Å²) in [7, 11) is 3.26. The number of hydrogen-bond acceptors (Lipinski definition) is 4. The summed E-state index contributed by atoms with van der Waals surface area (Å²) in [5.41, 5.74) is 0.963. The molecule has 0 radical (unpaired) electrons. The van der Waals surface area contributed by atoms with Crippen LogP contribution in [-0.2, 0) is 0 Å². The lowest BCUT2D eigenvalue weighted by atomic mass is 10.2. The van der Waals surface area contributed by atoms with Gasteiger partial charge in [0.25, 0.3) is 0 Å². The van der Waals surface area contributed by atoms with E-state index >= 15 is 0 Å². The number of nitrogens with zero attached hydrogens (tertiary/aromatic N) is 1. The molecule has 0 saturated heterocycles. The van der Waals surface area contributed by atoms with Gasteiger partial charge >= 0.3 is 0 Å². The number of hydrogen-bond donors (Lipinski definition) is 0. The Labute approximate surface area is 106 Å². The Balaban J connectivity index is 2.49. The van der Waals surface area contributed by atoms with E-state index in [1.165, 1.54) is 11.3 Å². The molecule has 0 amide bonds. The minimum Gasteiger partial charge on any atom is -0.496 e. The van der Waals surface area contributed by atoms with Crippen molar-refractivity contribution in [1.29, 1.82) is 0 Å². The summed E-state index contributed by atoms with van der Waals surface area (Å²) < 4.78 is 11.4. The van der Waals surface area contributed by atoms with E-state index in [2.05, 4.69) is 20.9 Å². The summed E-state index contributed by atoms with van der Waals surface area (Å²) in [6, 6.07) is 5.83. The van der Waals surface area contributed by atoms with Crippen LogP contribution in [0.4, 0.5) is 0 Å². The van der Waals surface area contributed by atoms with Crippen LogP contribution in [0.1, 0.15) is 0 Å². The second kappa shape index (κ2) is 4.84. The zero-order chi connectivity index (χ0) is 11.5. The summed E-state index contributed by atoms with van der Waals surface area (Å²) in [6.07, 6.45) is 0. The molecule has 3 nitrogen and oxygen atoms in total. The molecule has 0 aliphatic rings. The van der Waals surface area contributed by atoms with Crippen molar-refractivity contribution in [3.05, 3.63) is 28.1 Å². The van der Waals surface area contributed by atoms with Crippen molar-refractivity contribution in [1.82, 2.24) is 4.98 Å². The standard InChI is InChI=1S/C11H10BrNO2S/c1-14-9-4-3-7(12)5-8(9)11-13-10(15-2)6-16-11/h3-6H,1-2H3. The molecule has 1 aromatic carbocycles. The van der Waals surface area contributed by atoms with Gasteiger partial charge in [0.2, 0.25) is 5.88 Å². The average Bonchev–Trinajstić information content (AvgIpc) is 2.77. The third-order valence-corrected chi connectivity index (χ3v) is 3.43. The first-order chi connectivity index (χ1) is 7.74. The van der Waals surface area contributed by atoms with Crippen LogP contribution in [0.25, 0.3) is 10.6 Å². The minimum atomic E-state index is 0.627. The van der Waals surface area contributed by atoms with Gasteiger partial charge in [-0.3, -0.25) is 0 Å². The highest BCUT2D eigenvalue weighted by molar-refractivity contribution is 9.10. The van der Waals surface area contributed by atoms with Crippen LogP contribution in [-0.4, -0.2) is 19.2 Å². The summed E-state index contributed by atoms with van der Waals surface area (Å²) >= 11 is 4.97. The van der Waals surface area contributed by atoms with Gasteiger partial charge in [-0.25, -0.2) is 4.98 Å². The van der Waals surface area contributed by atoms with Crippen molar-refractivity contribution in [3.63, 3.8) is 0 Å². The van der Waals surface area contributed by atoms with E-state index in [4.69, 9.17) is 9.47 Å². The van der Waals surface area contributed by atoms with Gasteiger partial charge in [0, 0.05) is 4.47 Å². The Bertz CT molecular complexity index is 498. The molecule has 1 aromatic heterocycles. The molecule has 2 aromatic rings. The highest BCUT2D eigenvalue weighted by Gasteiger charge is 2.10. The highest BCUT2D eigenvalue weighted by atomic mass is 79.9. The number of rotatable bonds is 3. The van der Waals surface area contributed by atoms with Gasteiger partial charge in [-0.15, -0.1) is 11.3 Å². The Hall–Kier alpha value is -1.07. The molecule has 1 heterocycles. The zero-order valence-electron chi connectivity index (χ0n) is 8.86. The maximum atomic E-state index is 5.30. The van der Waals surface area contributed by atoms with Crippen LogP contribution in [0.5, 0.6) is 11.6 Å². The first kappa shape index (κ1) is 11.4. The van der Waals surface area contributed by atoms with Crippen LogP contribution in [0.2, 0.25) is 0 Å². The van der Waals surface area contributed by atoms with Crippen LogP contribution in [0.15, 0.2) is 28.1 Å². The fourth-order valence-electron chi connectivity index (χ4n) is 1.32. The molecule has 5 heteroatoms. The maximum absolute atomic E-state index is 5.30. The Morgan fingerprint density at radius 1 is 1.25 bits per heavy atom. The minimum absolute atomic E-state index is 0.627. The second-order valence-electron chi connectivity index (χ2n) is 3.04. The fraction of sp³-hybridized carbons (Fsp3) is 0.182. The summed E-state index contributed by atoms with van der Waals surface area (Å²) in [5.74, 6) is 1.43. The number of halogens is 1. The number of ether oxygens (including phenoxy) is 2. The van der Waals surface area contributed by atoms with Crippen molar-refractivity contribution in [2.24, 2.45) is 0 Å². The maximum Gasteiger partial charge on any atom is 0.224 e. The summed E-state index contributed by atoms with van der Waals surface area (Å²) in [6.45, 7) is 0. The lowest BCUT2D eigenvalue weighted by molar-refractivity contribution is 0.400. The van der Waals surface area contributed by atoms with Gasteiger partial charge in [-0.2, -0.15) is 0 Å². The SMILES string of the molecule is COc1csc(-c2cc(Br)ccc2OC)n1. The second-order valence-corrected chi connectivity index (χ2v) is 4.81. The Morgan fingerprint density at radius 2 is 2.06 bits per heavy atom. The molecule has 84 valence electrons.